The summed E-state index contributed by atoms with van der Waals surface area (Å²) in [6, 6.07) is 5.65. The van der Waals surface area contributed by atoms with Crippen LogP contribution in [0, 0.1) is 41.8 Å². The lowest BCUT2D eigenvalue weighted by molar-refractivity contribution is 0.101. The highest BCUT2D eigenvalue weighted by Crippen LogP contribution is 2.24. The highest BCUT2D eigenvalue weighted by atomic mass is 19.2. The van der Waals surface area contributed by atoms with Crippen molar-refractivity contribution in [1.29, 1.82) is 0 Å². The van der Waals surface area contributed by atoms with Crippen LogP contribution in [0.2, 0.25) is 0 Å². The summed E-state index contributed by atoms with van der Waals surface area (Å²) in [5, 5.41) is 9.84. The first-order chi connectivity index (χ1) is 16.7. The average Bonchev–Trinajstić information content (AvgIpc) is 3.44. The summed E-state index contributed by atoms with van der Waals surface area (Å²) in [4.78, 5) is 12.7. The molecule has 1 amide bonds. The largest absolute Gasteiger partial charge is 0.486 e. The molecule has 0 radical (unpaired) electrons. The fourth-order valence-corrected chi connectivity index (χ4v) is 3.11. The molecule has 1 N–H and O–H groups in total. The van der Waals surface area contributed by atoms with Crippen molar-refractivity contribution >= 4 is 11.6 Å². The van der Waals surface area contributed by atoms with E-state index in [1.807, 2.05) is 0 Å². The Kier molecular flexibility index (Phi) is 6.49. The van der Waals surface area contributed by atoms with E-state index >= 15 is 0 Å². The third-order valence-corrected chi connectivity index (χ3v) is 4.92. The van der Waals surface area contributed by atoms with Crippen LogP contribution in [0.4, 0.5) is 32.0 Å². The maximum absolute atomic E-state index is 13.9. The van der Waals surface area contributed by atoms with Crippen LogP contribution >= 0.6 is 0 Å². The van der Waals surface area contributed by atoms with Crippen molar-refractivity contribution in [3.63, 3.8) is 0 Å². The number of amides is 1. The van der Waals surface area contributed by atoms with Gasteiger partial charge in [0.25, 0.3) is 5.91 Å². The number of hydrogen-bond acceptors (Lipinski definition) is 5. The Balaban J connectivity index is 1.48. The molecule has 0 bridgehead atoms. The van der Waals surface area contributed by atoms with Gasteiger partial charge in [-0.15, -0.1) is 0 Å². The van der Waals surface area contributed by atoms with Crippen molar-refractivity contribution in [2.75, 3.05) is 5.32 Å². The van der Waals surface area contributed by atoms with E-state index in [2.05, 4.69) is 15.6 Å². The minimum atomic E-state index is -2.27. The summed E-state index contributed by atoms with van der Waals surface area (Å²) in [6.45, 7) is 0.483. The van der Waals surface area contributed by atoms with Gasteiger partial charge in [0.05, 0.1) is 29.6 Å². The Morgan fingerprint density at radius 1 is 1.00 bits per heavy atom. The van der Waals surface area contributed by atoms with Crippen LogP contribution in [0.25, 0.3) is 0 Å². The second-order valence-electron chi connectivity index (χ2n) is 7.21. The molecule has 0 atom stereocenters. The summed E-state index contributed by atoms with van der Waals surface area (Å²) in [7, 11) is 0. The monoisotopic (exact) mass is 496 g/mol. The summed E-state index contributed by atoms with van der Waals surface area (Å²) in [5.41, 5.74) is -1.01. The number of ether oxygens (including phenoxy) is 1. The smallest absolute Gasteiger partial charge is 0.278 e. The van der Waals surface area contributed by atoms with Gasteiger partial charge in [-0.2, -0.15) is 5.10 Å². The maximum atomic E-state index is 13.9. The van der Waals surface area contributed by atoms with Gasteiger partial charge in [-0.05, 0) is 19.1 Å². The lowest BCUT2D eigenvalue weighted by atomic mass is 10.1. The molecule has 4 aromatic rings. The van der Waals surface area contributed by atoms with Crippen LogP contribution in [0.5, 0.6) is 5.75 Å². The number of hydrogen-bond donors (Lipinski definition) is 1. The standard InChI is InChI=1S/C22H14F6N4O3/c1-10-13(9-34-15-5-3-2-4-14(15)23)21(31-35-10)22(33)30-11-6-29-32(7-11)8-12-16(24)18(26)20(28)19(27)17(12)25/h2-7H,8-9H2,1H3,(H,30,33). The predicted octanol–water partition coefficient (Wildman–Crippen LogP) is 4.89. The molecule has 13 heteroatoms. The number of aryl methyl sites for hydroxylation is 1. The quantitative estimate of drug-likeness (QED) is 0.224. The minimum absolute atomic E-state index is 0.0282. The molecule has 182 valence electrons. The van der Waals surface area contributed by atoms with Gasteiger partial charge in [0.2, 0.25) is 5.82 Å². The van der Waals surface area contributed by atoms with E-state index in [4.69, 9.17) is 9.26 Å². The molecule has 2 aromatic carbocycles. The number of benzene rings is 2. The van der Waals surface area contributed by atoms with E-state index in [1.54, 1.807) is 6.07 Å². The molecule has 0 aliphatic heterocycles. The van der Waals surface area contributed by atoms with Crippen molar-refractivity contribution in [2.24, 2.45) is 0 Å². The number of rotatable bonds is 7. The molecule has 0 aliphatic rings. The average molecular weight is 496 g/mol. The number of para-hydroxylation sites is 1. The van der Waals surface area contributed by atoms with Crippen LogP contribution in [0.15, 0.2) is 41.2 Å². The highest BCUT2D eigenvalue weighted by molar-refractivity contribution is 6.03. The summed E-state index contributed by atoms with van der Waals surface area (Å²) >= 11 is 0. The molecule has 2 heterocycles. The van der Waals surface area contributed by atoms with Gasteiger partial charge in [-0.1, -0.05) is 17.3 Å². The Hall–Kier alpha value is -4.29. The Morgan fingerprint density at radius 2 is 1.66 bits per heavy atom. The number of carbonyl (C=O) groups excluding carboxylic acids is 1. The Morgan fingerprint density at radius 3 is 2.34 bits per heavy atom. The Bertz CT molecular complexity index is 1390. The zero-order valence-electron chi connectivity index (χ0n) is 17.7. The summed E-state index contributed by atoms with van der Waals surface area (Å²) in [5.74, 6) is -11.6. The molecular weight excluding hydrogens is 482 g/mol. The molecule has 0 saturated carbocycles. The van der Waals surface area contributed by atoms with E-state index < -0.39 is 52.9 Å². The summed E-state index contributed by atoms with van der Waals surface area (Å²) < 4.78 is 92.9. The third-order valence-electron chi connectivity index (χ3n) is 4.92. The lowest BCUT2D eigenvalue weighted by Crippen LogP contribution is -2.15. The zero-order chi connectivity index (χ0) is 25.3. The van der Waals surface area contributed by atoms with Crippen molar-refractivity contribution in [1.82, 2.24) is 14.9 Å². The van der Waals surface area contributed by atoms with Crippen LogP contribution in [-0.4, -0.2) is 20.8 Å². The van der Waals surface area contributed by atoms with Crippen LogP contribution < -0.4 is 10.1 Å². The zero-order valence-corrected chi connectivity index (χ0v) is 17.7. The number of nitrogens with one attached hydrogen (secondary N) is 1. The van der Waals surface area contributed by atoms with Gasteiger partial charge in [0, 0.05) is 6.20 Å². The summed E-state index contributed by atoms with van der Waals surface area (Å²) in [6.07, 6.45) is 2.20. The number of halogens is 6. The second kappa shape index (κ2) is 9.52. The minimum Gasteiger partial charge on any atom is -0.486 e. The SMILES string of the molecule is Cc1onc(C(=O)Nc2cnn(Cc3c(F)c(F)c(F)c(F)c3F)c2)c1COc1ccccc1F. The number of carbonyl (C=O) groups is 1. The molecule has 2 aromatic heterocycles. The Labute approximate surface area is 192 Å². The molecule has 0 saturated heterocycles. The molecule has 0 fully saturated rings. The maximum Gasteiger partial charge on any atom is 0.278 e. The third kappa shape index (κ3) is 4.69. The fraction of sp³-hybridized carbons (Fsp3) is 0.136. The topological polar surface area (TPSA) is 82.2 Å². The van der Waals surface area contributed by atoms with Gasteiger partial charge in [0.15, 0.2) is 40.5 Å². The van der Waals surface area contributed by atoms with Gasteiger partial charge in [-0.25, -0.2) is 26.3 Å². The van der Waals surface area contributed by atoms with E-state index in [9.17, 15) is 31.1 Å². The molecule has 0 spiro atoms. The number of nitrogens with zero attached hydrogens (tertiary/aromatic N) is 3. The van der Waals surface area contributed by atoms with Gasteiger partial charge in [0.1, 0.15) is 12.4 Å². The second-order valence-corrected chi connectivity index (χ2v) is 7.21. The van der Waals surface area contributed by atoms with Gasteiger partial charge in [-0.3, -0.25) is 9.48 Å². The number of aromatic nitrogens is 3. The van der Waals surface area contributed by atoms with Crippen molar-refractivity contribution in [3.8, 4) is 5.75 Å². The number of anilines is 1. The van der Waals surface area contributed by atoms with E-state index in [0.29, 0.717) is 0 Å². The normalized spacial score (nSPS) is 11.1. The first kappa shape index (κ1) is 23.9. The van der Waals surface area contributed by atoms with Crippen LogP contribution in [0.3, 0.4) is 0 Å². The fourth-order valence-electron chi connectivity index (χ4n) is 3.11. The van der Waals surface area contributed by atoms with Gasteiger partial charge >= 0.3 is 0 Å². The highest BCUT2D eigenvalue weighted by Gasteiger charge is 2.26. The lowest BCUT2D eigenvalue weighted by Gasteiger charge is -2.08. The van der Waals surface area contributed by atoms with Crippen molar-refractivity contribution in [3.05, 3.63) is 94.1 Å². The van der Waals surface area contributed by atoms with Gasteiger partial charge < -0.3 is 14.6 Å². The molecule has 7 nitrogen and oxygen atoms in total. The van der Waals surface area contributed by atoms with E-state index in [-0.39, 0.29) is 35.1 Å². The molecule has 0 aliphatic carbocycles. The molecule has 0 unspecified atom stereocenters. The molecular formula is C22H14F6N4O3. The first-order valence-electron chi connectivity index (χ1n) is 9.84. The van der Waals surface area contributed by atoms with E-state index in [0.717, 1.165) is 17.1 Å². The molecule has 4 rings (SSSR count). The van der Waals surface area contributed by atoms with Crippen molar-refractivity contribution in [2.45, 2.75) is 20.1 Å². The predicted molar refractivity (Wildman–Crippen MR) is 107 cm³/mol. The first-order valence-corrected chi connectivity index (χ1v) is 9.84. The van der Waals surface area contributed by atoms with Crippen LogP contribution in [-0.2, 0) is 13.2 Å². The van der Waals surface area contributed by atoms with E-state index in [1.165, 1.54) is 25.1 Å². The van der Waals surface area contributed by atoms with Crippen LogP contribution in [0.1, 0.15) is 27.4 Å². The molecule has 35 heavy (non-hydrogen) atoms. The van der Waals surface area contributed by atoms with Crippen molar-refractivity contribution < 1.29 is 40.4 Å².